The number of amides is 2. The molecule has 30 heavy (non-hydrogen) atoms. The zero-order valence-corrected chi connectivity index (χ0v) is 18.9. The molecule has 4 rings (SSSR count). The van der Waals surface area contributed by atoms with Crippen LogP contribution in [0.1, 0.15) is 38.4 Å². The van der Waals surface area contributed by atoms with Crippen LogP contribution in [0.25, 0.3) is 11.0 Å². The summed E-state index contributed by atoms with van der Waals surface area (Å²) in [7, 11) is 0. The monoisotopic (exact) mass is 428 g/mol. The van der Waals surface area contributed by atoms with Crippen molar-refractivity contribution < 1.29 is 9.59 Å². The second kappa shape index (κ2) is 9.41. The lowest BCUT2D eigenvalue weighted by Crippen LogP contribution is -2.47. The third-order valence-electron chi connectivity index (χ3n) is 6.47. The van der Waals surface area contributed by atoms with Gasteiger partial charge in [-0.25, -0.2) is 4.98 Å². The van der Waals surface area contributed by atoms with Crippen molar-refractivity contribution in [1.29, 1.82) is 0 Å². The third-order valence-corrected chi connectivity index (χ3v) is 7.01. The number of aromatic nitrogens is 2. The minimum absolute atomic E-state index is 0.0699. The molecule has 1 atom stereocenters. The summed E-state index contributed by atoms with van der Waals surface area (Å²) in [4.78, 5) is 34.7. The molecule has 2 saturated heterocycles. The van der Waals surface area contributed by atoms with E-state index in [0.717, 1.165) is 55.0 Å². The Kier molecular flexibility index (Phi) is 6.66. The maximum absolute atomic E-state index is 13.1. The van der Waals surface area contributed by atoms with Gasteiger partial charge in [0.1, 0.15) is 12.4 Å². The van der Waals surface area contributed by atoms with E-state index in [2.05, 4.69) is 22.6 Å². The average molecular weight is 429 g/mol. The first kappa shape index (κ1) is 21.2. The lowest BCUT2D eigenvalue weighted by Gasteiger charge is -2.37. The van der Waals surface area contributed by atoms with Gasteiger partial charge in [-0.3, -0.25) is 9.59 Å². The first-order valence-corrected chi connectivity index (χ1v) is 12.5. The molecule has 0 spiro atoms. The van der Waals surface area contributed by atoms with Crippen molar-refractivity contribution in [3.63, 3.8) is 0 Å². The van der Waals surface area contributed by atoms with Gasteiger partial charge in [-0.2, -0.15) is 11.8 Å². The van der Waals surface area contributed by atoms with Crippen LogP contribution in [0.15, 0.2) is 24.3 Å². The van der Waals surface area contributed by atoms with Crippen LogP contribution in [0, 0.1) is 11.8 Å². The highest BCUT2D eigenvalue weighted by Crippen LogP contribution is 2.25. The number of fused-ring (bicyclic) bond motifs is 1. The van der Waals surface area contributed by atoms with Crippen LogP contribution in [-0.4, -0.2) is 63.6 Å². The van der Waals surface area contributed by atoms with Crippen molar-refractivity contribution >= 4 is 34.6 Å². The van der Waals surface area contributed by atoms with Gasteiger partial charge >= 0.3 is 0 Å². The molecule has 162 valence electrons. The number of nitrogens with zero attached hydrogens (tertiary/aromatic N) is 4. The number of rotatable bonds is 5. The highest BCUT2D eigenvalue weighted by molar-refractivity contribution is 7.97. The molecule has 0 aliphatic carbocycles. The number of thioether (sulfide) groups is 1. The van der Waals surface area contributed by atoms with Crippen LogP contribution in [-0.2, 0) is 21.9 Å². The van der Waals surface area contributed by atoms with Crippen molar-refractivity contribution in [2.24, 2.45) is 11.8 Å². The van der Waals surface area contributed by atoms with Gasteiger partial charge in [0.25, 0.3) is 0 Å². The topological polar surface area (TPSA) is 58.4 Å². The molecule has 0 saturated carbocycles. The highest BCUT2D eigenvalue weighted by atomic mass is 32.2. The summed E-state index contributed by atoms with van der Waals surface area (Å²) in [6, 6.07) is 8.00. The zero-order chi connectivity index (χ0) is 21.1. The predicted octanol–water partition coefficient (Wildman–Crippen LogP) is 3.40. The second-order valence-electron chi connectivity index (χ2n) is 8.72. The molecular formula is C23H32N4O2S. The minimum atomic E-state index is 0.0699. The first-order valence-electron chi connectivity index (χ1n) is 11.1. The second-order valence-corrected chi connectivity index (χ2v) is 9.59. The van der Waals surface area contributed by atoms with Crippen LogP contribution in [0.5, 0.6) is 0 Å². The van der Waals surface area contributed by atoms with Crippen molar-refractivity contribution in [2.75, 3.05) is 32.4 Å². The van der Waals surface area contributed by atoms with E-state index in [9.17, 15) is 9.59 Å². The summed E-state index contributed by atoms with van der Waals surface area (Å²) in [5, 5.41) is 0. The number of para-hydroxylation sites is 2. The van der Waals surface area contributed by atoms with Crippen LogP contribution in [0.4, 0.5) is 0 Å². The Hall–Kier alpha value is -2.02. The van der Waals surface area contributed by atoms with E-state index in [1.165, 1.54) is 6.42 Å². The van der Waals surface area contributed by atoms with E-state index < -0.39 is 0 Å². The average Bonchev–Trinajstić information content (AvgIpc) is 3.10. The Morgan fingerprint density at radius 2 is 1.87 bits per heavy atom. The minimum Gasteiger partial charge on any atom is -0.342 e. The summed E-state index contributed by atoms with van der Waals surface area (Å²) >= 11 is 1.71. The van der Waals surface area contributed by atoms with Crippen LogP contribution in [0.3, 0.4) is 0 Å². The Balaban J connectivity index is 1.38. The maximum atomic E-state index is 13.1. The molecule has 1 aromatic heterocycles. The van der Waals surface area contributed by atoms with Crippen molar-refractivity contribution in [1.82, 2.24) is 19.4 Å². The first-order chi connectivity index (χ1) is 14.6. The fourth-order valence-corrected chi connectivity index (χ4v) is 5.28. The molecule has 2 aromatic rings. The molecule has 2 fully saturated rings. The Morgan fingerprint density at radius 3 is 2.60 bits per heavy atom. The van der Waals surface area contributed by atoms with Gasteiger partial charge in [0, 0.05) is 32.1 Å². The molecular weight excluding hydrogens is 396 g/mol. The van der Waals surface area contributed by atoms with Gasteiger partial charge in [-0.15, -0.1) is 0 Å². The van der Waals surface area contributed by atoms with E-state index in [0.29, 0.717) is 31.5 Å². The van der Waals surface area contributed by atoms with Crippen LogP contribution < -0.4 is 0 Å². The molecule has 1 unspecified atom stereocenters. The molecule has 2 amide bonds. The summed E-state index contributed by atoms with van der Waals surface area (Å²) in [6.07, 6.45) is 5.94. The van der Waals surface area contributed by atoms with E-state index >= 15 is 0 Å². The number of likely N-dealkylation sites (tertiary alicyclic amines) is 2. The van der Waals surface area contributed by atoms with Crippen molar-refractivity contribution in [3.05, 3.63) is 30.1 Å². The van der Waals surface area contributed by atoms with Gasteiger partial charge in [-0.1, -0.05) is 19.1 Å². The smallest absolute Gasteiger partial charge is 0.242 e. The Bertz CT molecular complexity index is 904. The molecule has 0 bridgehead atoms. The normalized spacial score (nSPS) is 20.7. The molecule has 2 aliphatic heterocycles. The van der Waals surface area contributed by atoms with Gasteiger partial charge in [-0.05, 0) is 50.0 Å². The molecule has 7 heteroatoms. The van der Waals surface area contributed by atoms with Crippen LogP contribution >= 0.6 is 11.8 Å². The predicted molar refractivity (Wildman–Crippen MR) is 121 cm³/mol. The van der Waals surface area contributed by atoms with Crippen molar-refractivity contribution in [3.8, 4) is 0 Å². The number of carbonyl (C=O) groups is 2. The fraction of sp³-hybridized carbons (Fsp3) is 0.609. The van der Waals surface area contributed by atoms with Gasteiger partial charge in [0.2, 0.25) is 11.8 Å². The summed E-state index contributed by atoms with van der Waals surface area (Å²) in [5.41, 5.74) is 1.95. The molecule has 0 N–H and O–H groups in total. The number of imidazole rings is 1. The molecule has 0 radical (unpaired) electrons. The van der Waals surface area contributed by atoms with Crippen LogP contribution in [0.2, 0.25) is 0 Å². The highest BCUT2D eigenvalue weighted by Gasteiger charge is 2.32. The summed E-state index contributed by atoms with van der Waals surface area (Å²) < 4.78 is 2.06. The summed E-state index contributed by atoms with van der Waals surface area (Å²) in [6.45, 7) is 5.68. The lowest BCUT2D eigenvalue weighted by atomic mass is 9.92. The number of hydrogen-bond donors (Lipinski definition) is 0. The largest absolute Gasteiger partial charge is 0.342 e. The molecule has 6 nitrogen and oxygen atoms in total. The van der Waals surface area contributed by atoms with Gasteiger partial charge in [0.05, 0.1) is 16.8 Å². The fourth-order valence-electron chi connectivity index (χ4n) is 4.80. The lowest BCUT2D eigenvalue weighted by molar-refractivity contribution is -0.142. The maximum Gasteiger partial charge on any atom is 0.242 e. The number of carbonyl (C=O) groups excluding carboxylic acids is 2. The van der Waals surface area contributed by atoms with Crippen molar-refractivity contribution in [2.45, 2.75) is 44.9 Å². The third kappa shape index (κ3) is 4.51. The van der Waals surface area contributed by atoms with E-state index in [-0.39, 0.29) is 11.8 Å². The van der Waals surface area contributed by atoms with Gasteiger partial charge in [0.15, 0.2) is 0 Å². The van der Waals surface area contributed by atoms with E-state index in [4.69, 9.17) is 4.98 Å². The standard InChI is InChI=1S/C23H32N4O2S/c1-17-6-5-11-26(14-17)23(29)18-9-12-25(13-10-18)22(28)15-27-20-8-4-3-7-19(20)24-21(27)16-30-2/h3-4,7-8,17-18H,5-6,9-16H2,1-2H3. The number of hydrogen-bond acceptors (Lipinski definition) is 4. The van der Waals surface area contributed by atoms with E-state index in [1.807, 2.05) is 29.2 Å². The number of benzene rings is 1. The molecule has 2 aliphatic rings. The Labute approximate surface area is 183 Å². The SMILES string of the molecule is CSCc1nc2ccccc2n1CC(=O)N1CCC(C(=O)N2CCCC(C)C2)CC1. The van der Waals surface area contributed by atoms with Gasteiger partial charge < -0.3 is 14.4 Å². The molecule has 3 heterocycles. The Morgan fingerprint density at radius 1 is 1.10 bits per heavy atom. The van der Waals surface area contributed by atoms with E-state index in [1.54, 1.807) is 11.8 Å². The quantitative estimate of drug-likeness (QED) is 0.732. The zero-order valence-electron chi connectivity index (χ0n) is 18.0. The molecule has 1 aromatic carbocycles. The number of piperidine rings is 2. The summed E-state index contributed by atoms with van der Waals surface area (Å²) in [5.74, 6) is 2.83.